The lowest BCUT2D eigenvalue weighted by molar-refractivity contribution is -0.135. The van der Waals surface area contributed by atoms with Gasteiger partial charge >= 0.3 is 0 Å². The number of hydrogen-bond donors (Lipinski definition) is 1. The van der Waals surface area contributed by atoms with Crippen LogP contribution in [-0.2, 0) is 15.6 Å². The summed E-state index contributed by atoms with van der Waals surface area (Å²) in [5, 5.41) is 11.5. The van der Waals surface area contributed by atoms with Crippen LogP contribution >= 0.6 is 0 Å². The first kappa shape index (κ1) is 20.2. The number of aromatic nitrogens is 1. The molecule has 1 aliphatic heterocycles. The van der Waals surface area contributed by atoms with Crippen molar-refractivity contribution in [2.24, 2.45) is 11.8 Å². The second kappa shape index (κ2) is 7.30. The lowest BCUT2D eigenvalue weighted by Gasteiger charge is -2.52. The van der Waals surface area contributed by atoms with Crippen molar-refractivity contribution in [2.75, 3.05) is 20.2 Å². The van der Waals surface area contributed by atoms with Crippen molar-refractivity contribution >= 4 is 10.0 Å². The number of pyridine rings is 1. The van der Waals surface area contributed by atoms with Crippen molar-refractivity contribution < 1.29 is 27.0 Å². The molecule has 1 saturated heterocycles. The van der Waals surface area contributed by atoms with Gasteiger partial charge in [-0.25, -0.2) is 17.8 Å². The van der Waals surface area contributed by atoms with E-state index in [0.29, 0.717) is 12.8 Å². The molecule has 2 aliphatic rings. The van der Waals surface area contributed by atoms with Gasteiger partial charge in [0.25, 0.3) is 0 Å². The maximum Gasteiger partial charge on any atom is 0.243 e. The van der Waals surface area contributed by atoms with Crippen LogP contribution in [0.4, 0.5) is 8.78 Å². The van der Waals surface area contributed by atoms with E-state index in [1.54, 1.807) is 6.07 Å². The van der Waals surface area contributed by atoms with Crippen LogP contribution < -0.4 is 4.74 Å². The smallest absolute Gasteiger partial charge is 0.243 e. The average molecular weight is 424 g/mol. The summed E-state index contributed by atoms with van der Waals surface area (Å²) in [7, 11) is -2.67. The highest BCUT2D eigenvalue weighted by Gasteiger charge is 2.54. The van der Waals surface area contributed by atoms with E-state index in [0.717, 1.165) is 12.5 Å². The van der Waals surface area contributed by atoms with Crippen molar-refractivity contribution in [3.63, 3.8) is 0 Å². The van der Waals surface area contributed by atoms with Crippen LogP contribution in [-0.4, -0.2) is 43.0 Å². The Morgan fingerprint density at radius 3 is 2.48 bits per heavy atom. The molecule has 2 heterocycles. The Labute approximate surface area is 168 Å². The molecule has 1 aliphatic carbocycles. The highest BCUT2D eigenvalue weighted by atomic mass is 32.2. The van der Waals surface area contributed by atoms with E-state index in [1.165, 1.54) is 35.8 Å². The second-order valence-electron chi connectivity index (χ2n) is 7.61. The Bertz CT molecular complexity index is 1020. The molecule has 1 N–H and O–H groups in total. The topological polar surface area (TPSA) is 79.7 Å². The fourth-order valence-corrected chi connectivity index (χ4v) is 6.23. The first-order valence-electron chi connectivity index (χ1n) is 9.45. The zero-order valence-electron chi connectivity index (χ0n) is 15.9. The SMILES string of the molecule is COc1ccc(S(=O)(=O)N2C[C@H]3CCC[C@H](C2)C3(O)c2cccnc2F)cc1F. The van der Waals surface area contributed by atoms with Crippen LogP contribution in [0.3, 0.4) is 0 Å². The molecule has 2 fully saturated rings. The van der Waals surface area contributed by atoms with Crippen LogP contribution in [0, 0.1) is 23.6 Å². The molecule has 9 heteroatoms. The van der Waals surface area contributed by atoms with Gasteiger partial charge in [-0.05, 0) is 37.1 Å². The number of benzene rings is 1. The van der Waals surface area contributed by atoms with E-state index >= 15 is 0 Å². The molecule has 2 atom stereocenters. The largest absolute Gasteiger partial charge is 0.494 e. The minimum absolute atomic E-state index is 0.0251. The molecule has 1 saturated carbocycles. The predicted molar refractivity (Wildman–Crippen MR) is 101 cm³/mol. The number of aliphatic hydroxyl groups is 1. The summed E-state index contributed by atoms with van der Waals surface area (Å²) in [6.07, 6.45) is 3.26. The summed E-state index contributed by atoms with van der Waals surface area (Å²) in [6, 6.07) is 6.58. The number of halogens is 2. The highest BCUT2D eigenvalue weighted by Crippen LogP contribution is 2.50. The average Bonchev–Trinajstić information content (AvgIpc) is 2.67. The molecule has 29 heavy (non-hydrogen) atoms. The van der Waals surface area contributed by atoms with Gasteiger partial charge in [0.15, 0.2) is 11.6 Å². The molecule has 0 unspecified atom stereocenters. The number of methoxy groups -OCH3 is 1. The van der Waals surface area contributed by atoms with Crippen LogP contribution in [0.25, 0.3) is 0 Å². The van der Waals surface area contributed by atoms with Gasteiger partial charge < -0.3 is 9.84 Å². The van der Waals surface area contributed by atoms with Crippen LogP contribution in [0.2, 0.25) is 0 Å². The lowest BCUT2D eigenvalue weighted by Crippen LogP contribution is -2.59. The molecular formula is C20H22F2N2O4S. The summed E-state index contributed by atoms with van der Waals surface area (Å²) in [4.78, 5) is 3.48. The molecule has 2 aromatic rings. The normalized spacial score (nSPS) is 27.6. The Morgan fingerprint density at radius 1 is 1.21 bits per heavy atom. The van der Waals surface area contributed by atoms with E-state index < -0.39 is 39.2 Å². The standard InChI is InChI=1S/C20H22F2N2O4S/c1-28-18-8-7-15(10-17(18)21)29(26,27)24-11-13-4-2-5-14(12-24)20(13,25)16-6-3-9-23-19(16)22/h3,6-10,13-14,25H,2,4-5,11-12H2,1H3/t13-,14-/m1/s1. The monoisotopic (exact) mass is 424 g/mol. The third kappa shape index (κ3) is 3.21. The molecule has 1 aromatic heterocycles. The molecule has 0 spiro atoms. The maximum absolute atomic E-state index is 14.4. The maximum atomic E-state index is 14.4. The quantitative estimate of drug-likeness (QED) is 0.764. The van der Waals surface area contributed by atoms with Crippen LogP contribution in [0.15, 0.2) is 41.4 Å². The summed E-state index contributed by atoms with van der Waals surface area (Å²) >= 11 is 0. The van der Waals surface area contributed by atoms with Gasteiger partial charge in [-0.3, -0.25) is 0 Å². The van der Waals surface area contributed by atoms with Crippen molar-refractivity contribution in [3.8, 4) is 5.75 Å². The summed E-state index contributed by atoms with van der Waals surface area (Å²) in [5.74, 6) is -2.50. The number of sulfonamides is 1. The third-order valence-electron chi connectivity index (χ3n) is 6.15. The Hall–Kier alpha value is -2.10. The molecule has 6 nitrogen and oxygen atoms in total. The van der Waals surface area contributed by atoms with E-state index in [1.807, 2.05) is 0 Å². The molecule has 1 aromatic carbocycles. The first-order valence-corrected chi connectivity index (χ1v) is 10.9. The molecule has 0 amide bonds. The number of piperidine rings is 1. The molecule has 2 bridgehead atoms. The van der Waals surface area contributed by atoms with Gasteiger partial charge in [0.2, 0.25) is 16.0 Å². The van der Waals surface area contributed by atoms with Crippen molar-refractivity contribution in [2.45, 2.75) is 29.8 Å². The minimum atomic E-state index is -3.98. The fraction of sp³-hybridized carbons (Fsp3) is 0.450. The van der Waals surface area contributed by atoms with Crippen molar-refractivity contribution in [1.82, 2.24) is 9.29 Å². The number of nitrogens with zero attached hydrogens (tertiary/aromatic N) is 2. The molecule has 0 radical (unpaired) electrons. The Balaban J connectivity index is 1.68. The molecule has 4 rings (SSSR count). The highest BCUT2D eigenvalue weighted by molar-refractivity contribution is 7.89. The van der Waals surface area contributed by atoms with Gasteiger partial charge in [0.05, 0.1) is 12.0 Å². The van der Waals surface area contributed by atoms with E-state index in [9.17, 15) is 22.3 Å². The van der Waals surface area contributed by atoms with Crippen LogP contribution in [0.5, 0.6) is 5.75 Å². The van der Waals surface area contributed by atoms with Gasteiger partial charge in [-0.1, -0.05) is 12.5 Å². The predicted octanol–water partition coefficient (Wildman–Crippen LogP) is 2.68. The summed E-state index contributed by atoms with van der Waals surface area (Å²) < 4.78 is 60.8. The number of rotatable bonds is 4. The fourth-order valence-electron chi connectivity index (χ4n) is 4.69. The van der Waals surface area contributed by atoms with E-state index in [4.69, 9.17) is 4.74 Å². The van der Waals surface area contributed by atoms with Crippen molar-refractivity contribution in [1.29, 1.82) is 0 Å². The molecule has 156 valence electrons. The number of hydrogen-bond acceptors (Lipinski definition) is 5. The minimum Gasteiger partial charge on any atom is -0.494 e. The molecular weight excluding hydrogens is 402 g/mol. The van der Waals surface area contributed by atoms with Gasteiger partial charge in [-0.2, -0.15) is 8.70 Å². The lowest BCUT2D eigenvalue weighted by atomic mass is 9.63. The second-order valence-corrected chi connectivity index (χ2v) is 9.55. The Morgan fingerprint density at radius 2 is 1.90 bits per heavy atom. The zero-order valence-corrected chi connectivity index (χ0v) is 16.7. The van der Waals surface area contributed by atoms with Crippen molar-refractivity contribution in [3.05, 3.63) is 53.9 Å². The van der Waals surface area contributed by atoms with Gasteiger partial charge in [-0.15, -0.1) is 0 Å². The van der Waals surface area contributed by atoms with Gasteiger partial charge in [0, 0.05) is 36.7 Å². The van der Waals surface area contributed by atoms with E-state index in [-0.39, 0.29) is 29.3 Å². The summed E-state index contributed by atoms with van der Waals surface area (Å²) in [6.45, 7) is 0.0502. The number of fused-ring (bicyclic) bond motifs is 2. The van der Waals surface area contributed by atoms with Crippen LogP contribution in [0.1, 0.15) is 24.8 Å². The first-order chi connectivity index (χ1) is 13.8. The Kier molecular flexibility index (Phi) is 5.08. The number of ether oxygens (including phenoxy) is 1. The summed E-state index contributed by atoms with van der Waals surface area (Å²) in [5.41, 5.74) is -1.37. The zero-order chi connectivity index (χ0) is 20.8. The third-order valence-corrected chi connectivity index (χ3v) is 7.98. The van der Waals surface area contributed by atoms with Gasteiger partial charge in [0.1, 0.15) is 5.60 Å². The van der Waals surface area contributed by atoms with E-state index in [2.05, 4.69) is 4.98 Å².